The van der Waals surface area contributed by atoms with Gasteiger partial charge in [-0.1, -0.05) is 0 Å². The smallest absolute Gasteiger partial charge is 0.333 e. The molecular formula is C7H15NO6S. The number of aliphatic carboxylic acids is 1. The first-order valence-corrected chi connectivity index (χ1v) is 5.91. The molecule has 15 heavy (non-hydrogen) atoms. The second-order valence-electron chi connectivity index (χ2n) is 2.87. The first-order chi connectivity index (χ1) is 6.89. The zero-order valence-electron chi connectivity index (χ0n) is 8.34. The van der Waals surface area contributed by atoms with Gasteiger partial charge in [0.15, 0.2) is 6.10 Å². The second-order valence-corrected chi connectivity index (χ2v) is 4.79. The van der Waals surface area contributed by atoms with Crippen molar-refractivity contribution in [3.63, 3.8) is 0 Å². The number of aliphatic hydroxyl groups excluding tert-OH is 1. The first kappa shape index (κ1) is 14.3. The molecule has 0 aliphatic carbocycles. The van der Waals surface area contributed by atoms with Crippen LogP contribution in [0.15, 0.2) is 0 Å². The molecule has 90 valence electrons. The summed E-state index contributed by atoms with van der Waals surface area (Å²) in [5, 5.41) is 17.1. The normalized spacial score (nSPS) is 13.7. The van der Waals surface area contributed by atoms with Gasteiger partial charge < -0.3 is 14.9 Å². The Hall–Kier alpha value is -0.700. The molecule has 0 saturated carbocycles. The zero-order valence-corrected chi connectivity index (χ0v) is 9.16. The van der Waals surface area contributed by atoms with Crippen LogP contribution in [-0.4, -0.2) is 56.7 Å². The number of aliphatic hydroxyl groups is 1. The summed E-state index contributed by atoms with van der Waals surface area (Å²) in [6.45, 7) is -0.215. The SMILES string of the molecule is COCCCS(=O)(=O)NCC(O)C(=O)O. The van der Waals surface area contributed by atoms with Crippen molar-refractivity contribution >= 4 is 16.0 Å². The molecule has 3 N–H and O–H groups in total. The topological polar surface area (TPSA) is 113 Å². The quantitative estimate of drug-likeness (QED) is 0.440. The number of carboxylic acid groups (broad SMARTS) is 1. The van der Waals surface area contributed by atoms with E-state index in [1.807, 2.05) is 4.72 Å². The number of hydrogen-bond acceptors (Lipinski definition) is 5. The van der Waals surface area contributed by atoms with E-state index >= 15 is 0 Å². The van der Waals surface area contributed by atoms with E-state index < -0.39 is 28.6 Å². The highest BCUT2D eigenvalue weighted by molar-refractivity contribution is 7.89. The predicted molar refractivity (Wildman–Crippen MR) is 51.9 cm³/mol. The van der Waals surface area contributed by atoms with Crippen molar-refractivity contribution < 1.29 is 28.2 Å². The Morgan fingerprint density at radius 2 is 2.13 bits per heavy atom. The minimum Gasteiger partial charge on any atom is -0.479 e. The maximum atomic E-state index is 11.2. The largest absolute Gasteiger partial charge is 0.479 e. The van der Waals surface area contributed by atoms with E-state index in [1.165, 1.54) is 7.11 Å². The average molecular weight is 241 g/mol. The molecule has 7 nitrogen and oxygen atoms in total. The Labute approximate surface area is 88.1 Å². The van der Waals surface area contributed by atoms with E-state index in [0.717, 1.165) is 0 Å². The summed E-state index contributed by atoms with van der Waals surface area (Å²) < 4.78 is 29.0. The third-order valence-corrected chi connectivity index (χ3v) is 2.98. The predicted octanol–water partition coefficient (Wildman–Crippen LogP) is -1.61. The van der Waals surface area contributed by atoms with Crippen LogP contribution in [0.25, 0.3) is 0 Å². The minimum atomic E-state index is -3.54. The van der Waals surface area contributed by atoms with Crippen LogP contribution in [-0.2, 0) is 19.6 Å². The molecule has 0 amide bonds. The number of nitrogens with one attached hydrogen (secondary N) is 1. The van der Waals surface area contributed by atoms with Crippen LogP contribution in [0.1, 0.15) is 6.42 Å². The van der Waals surface area contributed by atoms with Gasteiger partial charge in [-0.15, -0.1) is 0 Å². The molecule has 0 heterocycles. The van der Waals surface area contributed by atoms with Gasteiger partial charge in [-0.3, -0.25) is 0 Å². The van der Waals surface area contributed by atoms with Crippen molar-refractivity contribution in [3.8, 4) is 0 Å². The highest BCUT2D eigenvalue weighted by Crippen LogP contribution is 1.91. The summed E-state index contributed by atoms with van der Waals surface area (Å²) in [6, 6.07) is 0. The fourth-order valence-electron chi connectivity index (χ4n) is 0.759. The summed E-state index contributed by atoms with van der Waals surface area (Å²) in [7, 11) is -2.08. The molecule has 0 bridgehead atoms. The van der Waals surface area contributed by atoms with Crippen LogP contribution in [0, 0.1) is 0 Å². The molecule has 8 heteroatoms. The molecule has 0 aliphatic rings. The van der Waals surface area contributed by atoms with Crippen LogP contribution in [0.3, 0.4) is 0 Å². The van der Waals surface area contributed by atoms with Crippen LogP contribution < -0.4 is 4.72 Å². The maximum absolute atomic E-state index is 11.2. The van der Waals surface area contributed by atoms with E-state index in [0.29, 0.717) is 13.0 Å². The number of methoxy groups -OCH3 is 1. The number of rotatable bonds is 8. The fraction of sp³-hybridized carbons (Fsp3) is 0.857. The lowest BCUT2D eigenvalue weighted by molar-refractivity contribution is -0.146. The monoisotopic (exact) mass is 241 g/mol. The summed E-state index contributed by atoms with van der Waals surface area (Å²) in [5.41, 5.74) is 0. The Kier molecular flexibility index (Phi) is 6.41. The standard InChI is InChI=1S/C7H15NO6S/c1-14-3-2-4-15(12,13)8-5-6(9)7(10)11/h6,8-9H,2-5H2,1H3,(H,10,11). The lowest BCUT2D eigenvalue weighted by Gasteiger charge is -2.08. The molecule has 0 saturated heterocycles. The van der Waals surface area contributed by atoms with Crippen molar-refractivity contribution in [1.82, 2.24) is 4.72 Å². The summed E-state index contributed by atoms with van der Waals surface area (Å²) in [5.74, 6) is -1.62. The van der Waals surface area contributed by atoms with Crippen molar-refractivity contribution in [3.05, 3.63) is 0 Å². The lowest BCUT2D eigenvalue weighted by atomic mass is 10.4. The Balaban J connectivity index is 3.89. The average Bonchev–Trinajstić information content (AvgIpc) is 2.14. The fourth-order valence-corrected chi connectivity index (χ4v) is 1.81. The van der Waals surface area contributed by atoms with E-state index in [1.54, 1.807) is 0 Å². The van der Waals surface area contributed by atoms with Gasteiger partial charge in [-0.2, -0.15) is 0 Å². The molecule has 0 spiro atoms. The van der Waals surface area contributed by atoms with Crippen molar-refractivity contribution in [2.24, 2.45) is 0 Å². The molecule has 0 fully saturated rings. The number of sulfonamides is 1. The number of ether oxygens (including phenoxy) is 1. The third-order valence-electron chi connectivity index (χ3n) is 1.54. The van der Waals surface area contributed by atoms with E-state index in [4.69, 9.17) is 10.2 Å². The number of hydrogen-bond donors (Lipinski definition) is 3. The van der Waals surface area contributed by atoms with Gasteiger partial charge in [0.2, 0.25) is 10.0 Å². The Morgan fingerprint density at radius 3 is 2.60 bits per heavy atom. The van der Waals surface area contributed by atoms with E-state index in [2.05, 4.69) is 4.74 Å². The number of carboxylic acids is 1. The van der Waals surface area contributed by atoms with Gasteiger partial charge in [0.25, 0.3) is 0 Å². The highest BCUT2D eigenvalue weighted by atomic mass is 32.2. The molecule has 0 radical (unpaired) electrons. The van der Waals surface area contributed by atoms with Crippen molar-refractivity contribution in [2.45, 2.75) is 12.5 Å². The molecule has 1 atom stereocenters. The van der Waals surface area contributed by atoms with E-state index in [-0.39, 0.29) is 5.75 Å². The van der Waals surface area contributed by atoms with Gasteiger partial charge in [-0.05, 0) is 6.42 Å². The molecule has 0 aliphatic heterocycles. The highest BCUT2D eigenvalue weighted by Gasteiger charge is 2.17. The van der Waals surface area contributed by atoms with Gasteiger partial charge in [0.1, 0.15) is 0 Å². The van der Waals surface area contributed by atoms with Crippen molar-refractivity contribution in [1.29, 1.82) is 0 Å². The first-order valence-electron chi connectivity index (χ1n) is 4.26. The second kappa shape index (κ2) is 6.72. The lowest BCUT2D eigenvalue weighted by Crippen LogP contribution is -2.37. The third kappa shape index (κ3) is 7.25. The molecule has 0 rings (SSSR count). The van der Waals surface area contributed by atoms with Crippen LogP contribution >= 0.6 is 0 Å². The van der Waals surface area contributed by atoms with E-state index in [9.17, 15) is 13.2 Å². The summed E-state index contributed by atoms with van der Waals surface area (Å²) in [6.07, 6.45) is -1.41. The Morgan fingerprint density at radius 1 is 1.53 bits per heavy atom. The van der Waals surface area contributed by atoms with Gasteiger partial charge in [0, 0.05) is 20.3 Å². The van der Waals surface area contributed by atoms with Gasteiger partial charge in [0.05, 0.1) is 5.75 Å². The maximum Gasteiger partial charge on any atom is 0.333 e. The zero-order chi connectivity index (χ0) is 11.9. The molecule has 1 unspecified atom stereocenters. The molecule has 0 aromatic carbocycles. The van der Waals surface area contributed by atoms with Crippen LogP contribution in [0.4, 0.5) is 0 Å². The van der Waals surface area contributed by atoms with Crippen LogP contribution in [0.5, 0.6) is 0 Å². The minimum absolute atomic E-state index is 0.160. The number of carbonyl (C=O) groups is 1. The summed E-state index contributed by atoms with van der Waals surface area (Å²) in [4.78, 5) is 10.2. The molecule has 0 aromatic heterocycles. The molecular weight excluding hydrogens is 226 g/mol. The van der Waals surface area contributed by atoms with Gasteiger partial charge >= 0.3 is 5.97 Å². The Bertz CT molecular complexity index is 288. The molecule has 0 aromatic rings. The van der Waals surface area contributed by atoms with Gasteiger partial charge in [-0.25, -0.2) is 17.9 Å². The van der Waals surface area contributed by atoms with Crippen LogP contribution in [0.2, 0.25) is 0 Å². The summed E-state index contributed by atoms with van der Waals surface area (Å²) >= 11 is 0. The van der Waals surface area contributed by atoms with Crippen molar-refractivity contribution in [2.75, 3.05) is 26.0 Å².